The molecule has 0 bridgehead atoms. The fourth-order valence-electron chi connectivity index (χ4n) is 1.24. The maximum Gasteiger partial charge on any atom is 0.239 e. The lowest BCUT2D eigenvalue weighted by Crippen LogP contribution is -2.16. The van der Waals surface area contributed by atoms with Crippen molar-refractivity contribution in [1.29, 1.82) is 0 Å². The number of nitrogens with zero attached hydrogens (tertiary/aromatic N) is 4. The zero-order valence-corrected chi connectivity index (χ0v) is 9.04. The average molecular weight is 221 g/mol. The van der Waals surface area contributed by atoms with E-state index in [0.29, 0.717) is 6.42 Å². The lowest BCUT2D eigenvalue weighted by Gasteiger charge is -2.05. The minimum Gasteiger partial charge on any atom is -0.366 e. The van der Waals surface area contributed by atoms with Crippen LogP contribution in [0, 0.1) is 0 Å². The quantitative estimate of drug-likeness (QED) is 0.798. The van der Waals surface area contributed by atoms with Crippen LogP contribution in [-0.2, 0) is 4.79 Å². The van der Waals surface area contributed by atoms with Gasteiger partial charge in [-0.3, -0.25) is 4.79 Å². The molecule has 1 fully saturated rings. The van der Waals surface area contributed by atoms with Gasteiger partial charge in [0.25, 0.3) is 0 Å². The van der Waals surface area contributed by atoms with Gasteiger partial charge in [-0.1, -0.05) is 13.2 Å². The summed E-state index contributed by atoms with van der Waals surface area (Å²) >= 11 is 0. The number of hydrogen-bond acceptors (Lipinski definition) is 4. The summed E-state index contributed by atoms with van der Waals surface area (Å²) in [5.41, 5.74) is 5.16. The molecule has 1 aromatic rings. The molecule has 1 amide bonds. The summed E-state index contributed by atoms with van der Waals surface area (Å²) < 4.78 is 1.44. The summed E-state index contributed by atoms with van der Waals surface area (Å²) in [7, 11) is 0. The van der Waals surface area contributed by atoms with Gasteiger partial charge in [0.05, 0.1) is 0 Å². The van der Waals surface area contributed by atoms with Gasteiger partial charge in [0, 0.05) is 19.2 Å². The number of amides is 1. The topological polar surface area (TPSA) is 77.0 Å². The molecule has 0 atom stereocenters. The monoisotopic (exact) mass is 221 g/mol. The van der Waals surface area contributed by atoms with Gasteiger partial charge in [-0.2, -0.15) is 0 Å². The second kappa shape index (κ2) is 5.69. The molecule has 0 aromatic carbocycles. The number of likely N-dealkylation sites (tertiary alicyclic amines) is 1. The number of hydrogen-bond donors (Lipinski definition) is 1. The van der Waals surface area contributed by atoms with Crippen LogP contribution in [0.15, 0.2) is 25.7 Å². The summed E-state index contributed by atoms with van der Waals surface area (Å²) in [4.78, 5) is 16.0. The molecule has 86 valence electrons. The normalized spacial score (nSPS) is 14.2. The second-order valence-electron chi connectivity index (χ2n) is 3.14. The first-order valence-corrected chi connectivity index (χ1v) is 4.88. The van der Waals surface area contributed by atoms with Crippen molar-refractivity contribution in [2.24, 2.45) is 0 Å². The van der Waals surface area contributed by atoms with Gasteiger partial charge >= 0.3 is 0 Å². The molecule has 0 spiro atoms. The molecule has 1 aliphatic heterocycles. The SMILES string of the molecule is C=CN1CCCC1=O.C=Cn1cnc(N)n1. The molecule has 2 N–H and O–H groups in total. The van der Waals surface area contributed by atoms with Gasteiger partial charge in [0.15, 0.2) is 0 Å². The number of aromatic nitrogens is 3. The largest absolute Gasteiger partial charge is 0.366 e. The minimum atomic E-state index is 0.208. The molecule has 0 unspecified atom stereocenters. The molecule has 1 aliphatic rings. The summed E-state index contributed by atoms with van der Waals surface area (Å²) in [5.74, 6) is 0.477. The Hall–Kier alpha value is -2.11. The zero-order chi connectivity index (χ0) is 12.0. The van der Waals surface area contributed by atoms with E-state index in [4.69, 9.17) is 5.73 Å². The van der Waals surface area contributed by atoms with Crippen LogP contribution in [0.5, 0.6) is 0 Å². The van der Waals surface area contributed by atoms with E-state index in [0.717, 1.165) is 13.0 Å². The molecule has 1 saturated heterocycles. The van der Waals surface area contributed by atoms with E-state index in [1.165, 1.54) is 17.2 Å². The first-order chi connectivity index (χ1) is 7.67. The van der Waals surface area contributed by atoms with Crippen molar-refractivity contribution in [2.45, 2.75) is 12.8 Å². The third-order valence-corrected chi connectivity index (χ3v) is 2.04. The van der Waals surface area contributed by atoms with E-state index in [-0.39, 0.29) is 11.9 Å². The third-order valence-electron chi connectivity index (χ3n) is 2.04. The van der Waals surface area contributed by atoms with Crippen LogP contribution < -0.4 is 5.73 Å². The van der Waals surface area contributed by atoms with Gasteiger partial charge in [0.1, 0.15) is 6.33 Å². The van der Waals surface area contributed by atoms with Gasteiger partial charge in [-0.15, -0.1) is 5.10 Å². The predicted octanol–water partition coefficient (Wildman–Crippen LogP) is 0.713. The first-order valence-electron chi connectivity index (χ1n) is 4.88. The van der Waals surface area contributed by atoms with Crippen LogP contribution >= 0.6 is 0 Å². The smallest absolute Gasteiger partial charge is 0.239 e. The lowest BCUT2D eigenvalue weighted by atomic mass is 10.4. The standard InChI is InChI=1S/C6H9NO.C4H6N4/c1-2-7-5-3-4-6(7)8;1-2-8-3-6-4(5)7-8/h2H,1,3-5H2;2-3H,1H2,(H2,5,7). The zero-order valence-electron chi connectivity index (χ0n) is 9.04. The second-order valence-corrected chi connectivity index (χ2v) is 3.14. The Morgan fingerprint density at radius 2 is 2.19 bits per heavy atom. The fraction of sp³-hybridized carbons (Fsp3) is 0.300. The van der Waals surface area contributed by atoms with Crippen molar-refractivity contribution in [3.05, 3.63) is 25.7 Å². The number of nitrogens with two attached hydrogens (primary N) is 1. The van der Waals surface area contributed by atoms with E-state index in [9.17, 15) is 4.79 Å². The summed E-state index contributed by atoms with van der Waals surface area (Å²) in [6.07, 6.45) is 6.29. The number of rotatable bonds is 2. The summed E-state index contributed by atoms with van der Waals surface area (Å²) in [6, 6.07) is 0. The van der Waals surface area contributed by atoms with Crippen LogP contribution in [0.25, 0.3) is 6.20 Å². The van der Waals surface area contributed by atoms with Gasteiger partial charge in [0.2, 0.25) is 11.9 Å². The third kappa shape index (κ3) is 3.23. The van der Waals surface area contributed by atoms with Crippen molar-refractivity contribution in [1.82, 2.24) is 19.7 Å². The van der Waals surface area contributed by atoms with Gasteiger partial charge in [-0.05, 0) is 12.6 Å². The highest BCUT2D eigenvalue weighted by Crippen LogP contribution is 2.08. The molecule has 6 nitrogen and oxygen atoms in total. The van der Waals surface area contributed by atoms with Gasteiger partial charge in [-0.25, -0.2) is 9.67 Å². The highest BCUT2D eigenvalue weighted by molar-refractivity contribution is 5.78. The Balaban J connectivity index is 0.000000160. The number of anilines is 1. The van der Waals surface area contributed by atoms with Crippen LogP contribution in [0.2, 0.25) is 0 Å². The van der Waals surface area contributed by atoms with E-state index < -0.39 is 0 Å². The minimum absolute atomic E-state index is 0.208. The molecule has 2 heterocycles. The summed E-state index contributed by atoms with van der Waals surface area (Å²) in [6.45, 7) is 7.81. The van der Waals surface area contributed by atoms with Crippen molar-refractivity contribution in [3.8, 4) is 0 Å². The molecule has 6 heteroatoms. The van der Waals surface area contributed by atoms with Crippen LogP contribution in [0.4, 0.5) is 5.95 Å². The van der Waals surface area contributed by atoms with Crippen molar-refractivity contribution < 1.29 is 4.79 Å². The molecular formula is C10H15N5O. The number of nitrogen functional groups attached to an aromatic ring is 1. The Morgan fingerprint density at radius 3 is 2.44 bits per heavy atom. The van der Waals surface area contributed by atoms with Crippen LogP contribution in [-0.4, -0.2) is 32.1 Å². The Labute approximate surface area is 94.1 Å². The van der Waals surface area contributed by atoms with Crippen LogP contribution in [0.3, 0.4) is 0 Å². The Kier molecular flexibility index (Phi) is 4.26. The Bertz CT molecular complexity index is 384. The van der Waals surface area contributed by atoms with E-state index >= 15 is 0 Å². The number of carbonyl (C=O) groups is 1. The maximum atomic E-state index is 10.7. The number of carbonyl (C=O) groups excluding carboxylic acids is 1. The van der Waals surface area contributed by atoms with Crippen molar-refractivity contribution in [2.75, 3.05) is 12.3 Å². The lowest BCUT2D eigenvalue weighted by molar-refractivity contribution is -0.125. The Morgan fingerprint density at radius 1 is 1.44 bits per heavy atom. The van der Waals surface area contributed by atoms with E-state index in [2.05, 4.69) is 23.2 Å². The highest BCUT2D eigenvalue weighted by Gasteiger charge is 2.15. The van der Waals surface area contributed by atoms with E-state index in [1.807, 2.05) is 0 Å². The first kappa shape index (κ1) is 12.0. The molecule has 0 radical (unpaired) electrons. The average Bonchev–Trinajstić information content (AvgIpc) is 2.87. The molecule has 2 rings (SSSR count). The molecule has 1 aromatic heterocycles. The summed E-state index contributed by atoms with van der Waals surface area (Å²) in [5, 5.41) is 3.69. The van der Waals surface area contributed by atoms with Crippen molar-refractivity contribution in [3.63, 3.8) is 0 Å². The molecule has 0 aliphatic carbocycles. The fourth-order valence-corrected chi connectivity index (χ4v) is 1.24. The van der Waals surface area contributed by atoms with Crippen molar-refractivity contribution >= 4 is 18.1 Å². The van der Waals surface area contributed by atoms with E-state index in [1.54, 1.807) is 11.1 Å². The molecule has 0 saturated carbocycles. The molecule has 16 heavy (non-hydrogen) atoms. The highest BCUT2D eigenvalue weighted by atomic mass is 16.2. The van der Waals surface area contributed by atoms with Gasteiger partial charge < -0.3 is 10.6 Å². The maximum absolute atomic E-state index is 10.7. The van der Waals surface area contributed by atoms with Crippen LogP contribution in [0.1, 0.15) is 12.8 Å². The molecular weight excluding hydrogens is 206 g/mol. The predicted molar refractivity (Wildman–Crippen MR) is 62.0 cm³/mol.